The van der Waals surface area contributed by atoms with Crippen LogP contribution in [0.25, 0.3) is 0 Å². The van der Waals surface area contributed by atoms with Gasteiger partial charge in [-0.05, 0) is 49.9 Å². The lowest BCUT2D eigenvalue weighted by Crippen LogP contribution is -2.46. The fourth-order valence-corrected chi connectivity index (χ4v) is 4.08. The molecule has 0 atom stereocenters. The predicted molar refractivity (Wildman–Crippen MR) is 151 cm³/mol. The van der Waals surface area contributed by atoms with Crippen LogP contribution in [0.15, 0.2) is 59.4 Å². The highest BCUT2D eigenvalue weighted by molar-refractivity contribution is 6.31. The zero-order chi connectivity index (χ0) is 28.6. The molecule has 1 heterocycles. The second-order valence-corrected chi connectivity index (χ2v) is 10.4. The van der Waals surface area contributed by atoms with Gasteiger partial charge in [0.2, 0.25) is 0 Å². The van der Waals surface area contributed by atoms with E-state index in [9.17, 15) is 14.4 Å². The van der Waals surface area contributed by atoms with Gasteiger partial charge in [-0.25, -0.2) is 15.2 Å². The highest BCUT2D eigenvalue weighted by atomic mass is 35.5. The van der Waals surface area contributed by atoms with Gasteiger partial charge in [-0.3, -0.25) is 4.79 Å². The number of ether oxygens (including phenoxy) is 2. The molecule has 0 saturated heterocycles. The number of aromatic nitrogens is 1. The maximum Gasteiger partial charge on any atom is 0.425 e. The lowest BCUT2D eigenvalue weighted by molar-refractivity contribution is -0.109. The third-order valence-electron chi connectivity index (χ3n) is 5.81. The molecule has 0 fully saturated rings. The van der Waals surface area contributed by atoms with Crippen molar-refractivity contribution in [2.45, 2.75) is 59.5 Å². The average Bonchev–Trinajstić information content (AvgIpc) is 2.89. The summed E-state index contributed by atoms with van der Waals surface area (Å²) in [5.41, 5.74) is 12.0. The maximum atomic E-state index is 13.1. The fraction of sp³-hybridized carbons (Fsp3) is 0.345. The average molecular weight is 555 g/mol. The van der Waals surface area contributed by atoms with E-state index in [1.165, 1.54) is 0 Å². The number of pyridine rings is 1. The highest BCUT2D eigenvalue weighted by Crippen LogP contribution is 2.24. The van der Waals surface area contributed by atoms with Crippen LogP contribution in [0.2, 0.25) is 5.02 Å². The summed E-state index contributed by atoms with van der Waals surface area (Å²) in [6.45, 7) is 8.12. The van der Waals surface area contributed by atoms with Gasteiger partial charge in [0.25, 0.3) is 5.56 Å². The number of nitrogens with two attached hydrogens (primary N) is 1. The minimum absolute atomic E-state index is 0.00511. The number of amides is 1. The Labute approximate surface area is 233 Å². The van der Waals surface area contributed by atoms with Crippen molar-refractivity contribution in [1.29, 1.82) is 0 Å². The molecule has 3 rings (SSSR count). The molecule has 0 saturated carbocycles. The minimum Gasteiger partial charge on any atom is -0.487 e. The monoisotopic (exact) mass is 554 g/mol. The van der Waals surface area contributed by atoms with Crippen molar-refractivity contribution in [2.75, 3.05) is 6.54 Å². The number of aldehydes is 1. The molecule has 0 unspecified atom stereocenters. The van der Waals surface area contributed by atoms with Gasteiger partial charge in [0.15, 0.2) is 0 Å². The number of benzene rings is 2. The molecule has 208 valence electrons. The molecule has 1 amide bonds. The Morgan fingerprint density at radius 3 is 2.46 bits per heavy atom. The Morgan fingerprint density at radius 2 is 1.79 bits per heavy atom. The number of aryl methyl sites for hydroxylation is 1. The first-order valence-corrected chi connectivity index (χ1v) is 12.9. The summed E-state index contributed by atoms with van der Waals surface area (Å²) in [5, 5.41) is 1.13. The van der Waals surface area contributed by atoms with Crippen molar-refractivity contribution in [3.63, 3.8) is 0 Å². The first-order chi connectivity index (χ1) is 18.5. The number of hydrogen-bond acceptors (Lipinski definition) is 7. The summed E-state index contributed by atoms with van der Waals surface area (Å²) in [7, 11) is 0. The lowest BCUT2D eigenvalue weighted by Gasteiger charge is -2.26. The fourth-order valence-electron chi connectivity index (χ4n) is 3.87. The van der Waals surface area contributed by atoms with E-state index >= 15 is 0 Å². The number of hydrogen-bond donors (Lipinski definition) is 2. The zero-order valence-electron chi connectivity index (χ0n) is 22.7. The molecular formula is C29H35ClN4O5. The van der Waals surface area contributed by atoms with Crippen molar-refractivity contribution in [3.8, 4) is 5.75 Å². The van der Waals surface area contributed by atoms with Crippen molar-refractivity contribution < 1.29 is 19.1 Å². The van der Waals surface area contributed by atoms with Crippen LogP contribution in [0.5, 0.6) is 5.75 Å². The van der Waals surface area contributed by atoms with E-state index < -0.39 is 11.7 Å². The van der Waals surface area contributed by atoms with Crippen molar-refractivity contribution in [2.24, 2.45) is 5.73 Å². The molecule has 9 nitrogen and oxygen atoms in total. The van der Waals surface area contributed by atoms with Crippen LogP contribution in [0.4, 0.5) is 4.79 Å². The molecule has 2 aromatic carbocycles. The van der Waals surface area contributed by atoms with Gasteiger partial charge in [0.05, 0.1) is 13.1 Å². The number of halogens is 1. The zero-order valence-corrected chi connectivity index (χ0v) is 23.5. The molecule has 0 radical (unpaired) electrons. The van der Waals surface area contributed by atoms with E-state index in [1.54, 1.807) is 31.4 Å². The molecule has 0 aliphatic rings. The first kappa shape index (κ1) is 29.9. The van der Waals surface area contributed by atoms with Gasteiger partial charge >= 0.3 is 6.09 Å². The quantitative estimate of drug-likeness (QED) is 0.267. The summed E-state index contributed by atoms with van der Waals surface area (Å²) >= 11 is 6.43. The van der Waals surface area contributed by atoms with Crippen LogP contribution in [-0.4, -0.2) is 34.1 Å². The van der Waals surface area contributed by atoms with Crippen molar-refractivity contribution >= 4 is 24.0 Å². The number of carbonyl (C=O) groups excluding carboxylic acids is 2. The van der Waals surface area contributed by atoms with E-state index in [4.69, 9.17) is 26.8 Å². The van der Waals surface area contributed by atoms with Gasteiger partial charge < -0.3 is 24.6 Å². The van der Waals surface area contributed by atoms with Crippen LogP contribution >= 0.6 is 11.6 Å². The normalized spacial score (nSPS) is 11.2. The van der Waals surface area contributed by atoms with E-state index in [0.717, 1.165) is 27.3 Å². The van der Waals surface area contributed by atoms with E-state index in [-0.39, 0.29) is 30.3 Å². The predicted octanol–water partition coefficient (Wildman–Crippen LogP) is 4.34. The Hall–Kier alpha value is -3.66. The van der Waals surface area contributed by atoms with E-state index in [2.05, 4.69) is 5.43 Å². The first-order valence-electron chi connectivity index (χ1n) is 12.6. The number of carbonyl (C=O) groups is 2. The molecule has 0 bridgehead atoms. The number of rotatable bonds is 11. The largest absolute Gasteiger partial charge is 0.487 e. The van der Waals surface area contributed by atoms with E-state index in [0.29, 0.717) is 30.8 Å². The summed E-state index contributed by atoms with van der Waals surface area (Å²) in [6, 6.07) is 17.0. The summed E-state index contributed by atoms with van der Waals surface area (Å²) < 4.78 is 12.8. The number of nitrogens with one attached hydrogen (secondary N) is 1. The van der Waals surface area contributed by atoms with Crippen LogP contribution in [-0.2, 0) is 35.8 Å². The molecule has 3 aromatic rings. The van der Waals surface area contributed by atoms with Gasteiger partial charge in [-0.15, -0.1) is 0 Å². The van der Waals surface area contributed by atoms with Crippen molar-refractivity contribution in [1.82, 2.24) is 15.0 Å². The maximum absolute atomic E-state index is 13.1. The van der Waals surface area contributed by atoms with Crippen LogP contribution in [0.1, 0.15) is 48.7 Å². The molecule has 3 N–H and O–H groups in total. The Morgan fingerprint density at radius 1 is 1.10 bits per heavy atom. The third kappa shape index (κ3) is 8.41. The second kappa shape index (κ2) is 13.4. The highest BCUT2D eigenvalue weighted by Gasteiger charge is 2.22. The van der Waals surface area contributed by atoms with Gasteiger partial charge in [-0.2, -0.15) is 0 Å². The number of nitrogens with zero attached hydrogens (tertiary/aromatic N) is 2. The van der Waals surface area contributed by atoms with Crippen LogP contribution in [0.3, 0.4) is 0 Å². The molecule has 1 aromatic heterocycles. The molecule has 39 heavy (non-hydrogen) atoms. The van der Waals surface area contributed by atoms with E-state index in [1.807, 2.05) is 55.5 Å². The molecule has 0 aliphatic carbocycles. The topological polar surface area (TPSA) is 116 Å². The van der Waals surface area contributed by atoms with Crippen molar-refractivity contribution in [3.05, 3.63) is 97.9 Å². The second-order valence-electron chi connectivity index (χ2n) is 10.0. The SMILES string of the molecule is Cc1cc(OCc2ccccc2CN)c(Cl)c(=O)n1Cc1cccc(CNN(CC=O)C(=O)OC(C)(C)C)c1. The summed E-state index contributed by atoms with van der Waals surface area (Å²) in [5.74, 6) is 0.317. The lowest BCUT2D eigenvalue weighted by atomic mass is 10.1. The standard InChI is InChI=1S/C29H35ClN4O5/c1-20-14-25(38-19-24-11-6-5-10-23(24)16-31)26(30)27(36)33(20)18-22-9-7-8-21(15-22)17-32-34(12-13-35)28(37)39-29(2,3)4/h5-11,13-15,32H,12,16-19,31H2,1-4H3. The number of hydrazine groups is 1. The Balaban J connectivity index is 1.72. The van der Waals surface area contributed by atoms with Crippen LogP contribution in [0, 0.1) is 6.92 Å². The van der Waals surface area contributed by atoms with Crippen LogP contribution < -0.4 is 21.5 Å². The van der Waals surface area contributed by atoms with Gasteiger partial charge in [0.1, 0.15) is 29.3 Å². The third-order valence-corrected chi connectivity index (χ3v) is 6.16. The molecule has 0 spiro atoms. The molecule has 10 heteroatoms. The molecular weight excluding hydrogens is 520 g/mol. The van der Waals surface area contributed by atoms with Gasteiger partial charge in [0, 0.05) is 24.8 Å². The smallest absolute Gasteiger partial charge is 0.425 e. The summed E-state index contributed by atoms with van der Waals surface area (Å²) in [4.78, 5) is 36.6. The Kier molecular flexibility index (Phi) is 10.3. The minimum atomic E-state index is -0.693. The van der Waals surface area contributed by atoms with Gasteiger partial charge in [-0.1, -0.05) is 60.1 Å². The summed E-state index contributed by atoms with van der Waals surface area (Å²) in [6.07, 6.45) is -0.0206. The Bertz CT molecular complexity index is 1370. The molecule has 0 aliphatic heterocycles.